The van der Waals surface area contributed by atoms with E-state index >= 15 is 0 Å². The van der Waals surface area contributed by atoms with Gasteiger partial charge < -0.3 is 14.1 Å². The van der Waals surface area contributed by atoms with Gasteiger partial charge in [-0.25, -0.2) is 4.98 Å². The Morgan fingerprint density at radius 1 is 1.24 bits per heavy atom. The number of piperidine rings is 1. The van der Waals surface area contributed by atoms with E-state index in [1.54, 1.807) is 11.3 Å². The number of aryl methyl sites for hydroxylation is 1. The molecule has 2 aromatic rings. The van der Waals surface area contributed by atoms with Crippen molar-refractivity contribution >= 4 is 17.2 Å². The molecular weight excluding hydrogens is 386 g/mol. The van der Waals surface area contributed by atoms with Gasteiger partial charge in [0.15, 0.2) is 0 Å². The van der Waals surface area contributed by atoms with Crippen molar-refractivity contribution in [2.24, 2.45) is 5.92 Å². The second-order valence-corrected chi connectivity index (χ2v) is 9.42. The number of amides is 1. The minimum Gasteiger partial charge on any atom is -0.440 e. The summed E-state index contributed by atoms with van der Waals surface area (Å²) >= 11 is 1.60. The highest BCUT2D eigenvalue weighted by atomic mass is 32.1. The molecule has 4 rings (SSSR count). The van der Waals surface area contributed by atoms with Gasteiger partial charge in [0, 0.05) is 32.7 Å². The van der Waals surface area contributed by atoms with E-state index in [0.29, 0.717) is 30.4 Å². The lowest BCUT2D eigenvalue weighted by Gasteiger charge is -2.39. The van der Waals surface area contributed by atoms with Crippen molar-refractivity contribution < 1.29 is 13.9 Å². The molecule has 0 radical (unpaired) electrons. The first-order valence-corrected chi connectivity index (χ1v) is 11.5. The average Bonchev–Trinajstić information content (AvgIpc) is 3.32. The number of oxazole rings is 1. The standard InChI is InChI=1S/C22H31N3O3S/c1-15-12-24(13-16(2)27-15)14-18-6-8-25(9-7-18)21(26)11-19-17(3)28-22(23-19)20-5-4-10-29-20/h4-5,10,15-16,18H,6-9,11-14H2,1-3H3. The van der Waals surface area contributed by atoms with Crippen LogP contribution in [-0.2, 0) is 16.0 Å². The Labute approximate surface area is 176 Å². The van der Waals surface area contributed by atoms with Crippen LogP contribution in [-0.4, -0.2) is 65.6 Å². The molecule has 2 atom stereocenters. The van der Waals surface area contributed by atoms with Crippen LogP contribution < -0.4 is 0 Å². The second-order valence-electron chi connectivity index (χ2n) is 8.48. The lowest BCUT2D eigenvalue weighted by molar-refractivity contribution is -0.132. The Morgan fingerprint density at radius 2 is 1.97 bits per heavy atom. The van der Waals surface area contributed by atoms with Crippen LogP contribution in [0.25, 0.3) is 10.8 Å². The lowest BCUT2D eigenvalue weighted by Crippen LogP contribution is -2.48. The quantitative estimate of drug-likeness (QED) is 0.744. The largest absolute Gasteiger partial charge is 0.440 e. The normalized spacial score (nSPS) is 24.2. The van der Waals surface area contributed by atoms with Crippen molar-refractivity contribution in [3.05, 3.63) is 29.0 Å². The Bertz CT molecular complexity index is 801. The number of nitrogens with zero attached hydrogens (tertiary/aromatic N) is 3. The van der Waals surface area contributed by atoms with Gasteiger partial charge in [-0.1, -0.05) is 6.07 Å². The van der Waals surface area contributed by atoms with E-state index in [1.807, 2.05) is 29.3 Å². The van der Waals surface area contributed by atoms with Crippen LogP contribution in [0.2, 0.25) is 0 Å². The van der Waals surface area contributed by atoms with Crippen molar-refractivity contribution in [1.82, 2.24) is 14.8 Å². The Hall–Kier alpha value is -1.70. The zero-order valence-electron chi connectivity index (χ0n) is 17.6. The van der Waals surface area contributed by atoms with Crippen molar-refractivity contribution in [2.75, 3.05) is 32.7 Å². The van der Waals surface area contributed by atoms with Crippen LogP contribution in [0.4, 0.5) is 0 Å². The van der Waals surface area contributed by atoms with Gasteiger partial charge >= 0.3 is 0 Å². The SMILES string of the molecule is Cc1oc(-c2cccs2)nc1CC(=O)N1CCC(CN2CC(C)OC(C)C2)CC1. The maximum absolute atomic E-state index is 12.8. The minimum atomic E-state index is 0.159. The number of carbonyl (C=O) groups is 1. The molecule has 1 amide bonds. The van der Waals surface area contributed by atoms with Crippen LogP contribution in [0.15, 0.2) is 21.9 Å². The number of carbonyl (C=O) groups excluding carboxylic acids is 1. The fourth-order valence-corrected chi connectivity index (χ4v) is 5.17. The third-order valence-electron chi connectivity index (χ3n) is 5.92. The summed E-state index contributed by atoms with van der Waals surface area (Å²) in [7, 11) is 0. The van der Waals surface area contributed by atoms with Gasteiger partial charge in [-0.15, -0.1) is 11.3 Å². The van der Waals surface area contributed by atoms with Crippen LogP contribution >= 0.6 is 11.3 Å². The molecule has 0 aliphatic carbocycles. The number of likely N-dealkylation sites (tertiary alicyclic amines) is 1. The van der Waals surface area contributed by atoms with Gasteiger partial charge in [-0.2, -0.15) is 0 Å². The number of morpholine rings is 1. The highest BCUT2D eigenvalue weighted by Gasteiger charge is 2.28. The van der Waals surface area contributed by atoms with Crippen LogP contribution in [0.1, 0.15) is 38.1 Å². The molecular formula is C22H31N3O3S. The van der Waals surface area contributed by atoms with E-state index in [4.69, 9.17) is 9.15 Å². The van der Waals surface area contributed by atoms with Crippen molar-refractivity contribution in [3.8, 4) is 10.8 Å². The fourth-order valence-electron chi connectivity index (χ4n) is 4.52. The van der Waals surface area contributed by atoms with Gasteiger partial charge in [0.25, 0.3) is 0 Å². The molecule has 0 saturated carbocycles. The van der Waals surface area contributed by atoms with Crippen molar-refractivity contribution in [3.63, 3.8) is 0 Å². The maximum Gasteiger partial charge on any atom is 0.236 e. The number of hydrogen-bond acceptors (Lipinski definition) is 6. The molecule has 0 spiro atoms. The first-order valence-electron chi connectivity index (χ1n) is 10.6. The van der Waals surface area contributed by atoms with Crippen molar-refractivity contribution in [2.45, 2.75) is 52.2 Å². The van der Waals surface area contributed by atoms with E-state index in [9.17, 15) is 4.79 Å². The fraction of sp³-hybridized carbons (Fsp3) is 0.636. The topological polar surface area (TPSA) is 58.8 Å². The highest BCUT2D eigenvalue weighted by molar-refractivity contribution is 7.13. The molecule has 29 heavy (non-hydrogen) atoms. The first-order chi connectivity index (χ1) is 14.0. The molecule has 2 aliphatic rings. The first kappa shape index (κ1) is 20.6. The average molecular weight is 418 g/mol. The van der Waals surface area contributed by atoms with E-state index in [-0.39, 0.29) is 5.91 Å². The Kier molecular flexibility index (Phi) is 6.37. The summed E-state index contributed by atoms with van der Waals surface area (Å²) in [5.74, 6) is 2.18. The molecule has 0 aromatic carbocycles. The van der Waals surface area contributed by atoms with E-state index in [0.717, 1.165) is 61.9 Å². The van der Waals surface area contributed by atoms with E-state index in [1.165, 1.54) is 0 Å². The monoisotopic (exact) mass is 417 g/mol. The van der Waals surface area contributed by atoms with Gasteiger partial charge in [0.1, 0.15) is 5.76 Å². The number of aromatic nitrogens is 1. The summed E-state index contributed by atoms with van der Waals surface area (Å²) in [6.45, 7) is 11.0. The minimum absolute atomic E-state index is 0.159. The summed E-state index contributed by atoms with van der Waals surface area (Å²) in [4.78, 5) is 22.9. The maximum atomic E-state index is 12.8. The molecule has 7 heteroatoms. The molecule has 2 aromatic heterocycles. The summed E-state index contributed by atoms with van der Waals surface area (Å²) in [6, 6.07) is 3.97. The van der Waals surface area contributed by atoms with Gasteiger partial charge in [0.05, 0.1) is 29.2 Å². The number of rotatable bonds is 5. The van der Waals surface area contributed by atoms with Gasteiger partial charge in [-0.3, -0.25) is 9.69 Å². The predicted molar refractivity (Wildman–Crippen MR) is 114 cm³/mol. The van der Waals surface area contributed by atoms with Crippen molar-refractivity contribution in [1.29, 1.82) is 0 Å². The van der Waals surface area contributed by atoms with Crippen LogP contribution in [0.3, 0.4) is 0 Å². The summed E-state index contributed by atoms with van der Waals surface area (Å²) in [5, 5.41) is 2.00. The summed E-state index contributed by atoms with van der Waals surface area (Å²) < 4.78 is 11.6. The molecule has 0 bridgehead atoms. The van der Waals surface area contributed by atoms with Crippen LogP contribution in [0.5, 0.6) is 0 Å². The summed E-state index contributed by atoms with van der Waals surface area (Å²) in [5.41, 5.74) is 0.761. The molecule has 158 valence electrons. The molecule has 6 nitrogen and oxygen atoms in total. The third-order valence-corrected chi connectivity index (χ3v) is 6.78. The Balaban J connectivity index is 1.27. The van der Waals surface area contributed by atoms with E-state index in [2.05, 4.69) is 23.7 Å². The zero-order chi connectivity index (χ0) is 20.4. The molecule has 2 fully saturated rings. The third kappa shape index (κ3) is 5.08. The Morgan fingerprint density at radius 3 is 2.62 bits per heavy atom. The van der Waals surface area contributed by atoms with Crippen LogP contribution in [0, 0.1) is 12.8 Å². The molecule has 2 unspecified atom stereocenters. The lowest BCUT2D eigenvalue weighted by atomic mass is 9.95. The smallest absolute Gasteiger partial charge is 0.236 e. The number of ether oxygens (including phenoxy) is 1. The molecule has 2 saturated heterocycles. The zero-order valence-corrected chi connectivity index (χ0v) is 18.4. The summed E-state index contributed by atoms with van der Waals surface area (Å²) in [6.07, 6.45) is 3.09. The second kappa shape index (κ2) is 8.98. The highest BCUT2D eigenvalue weighted by Crippen LogP contribution is 2.27. The van der Waals surface area contributed by atoms with Gasteiger partial charge in [0.2, 0.25) is 11.8 Å². The predicted octanol–water partition coefficient (Wildman–Crippen LogP) is 3.60. The molecule has 0 N–H and O–H groups in total. The van der Waals surface area contributed by atoms with E-state index < -0.39 is 0 Å². The van der Waals surface area contributed by atoms with Gasteiger partial charge in [-0.05, 0) is 51.0 Å². The number of thiophene rings is 1. The molecule has 4 heterocycles. The molecule has 2 aliphatic heterocycles. The number of hydrogen-bond donors (Lipinski definition) is 0.